The van der Waals surface area contributed by atoms with Crippen LogP contribution >= 0.6 is 0 Å². The maximum absolute atomic E-state index is 10.9. The van der Waals surface area contributed by atoms with E-state index in [4.69, 9.17) is 0 Å². The summed E-state index contributed by atoms with van der Waals surface area (Å²) in [4.78, 5) is 13.3. The topological polar surface area (TPSA) is 41.6 Å². The van der Waals surface area contributed by atoms with Crippen molar-refractivity contribution in [3.05, 3.63) is 0 Å². The molecule has 0 spiro atoms. The predicted molar refractivity (Wildman–Crippen MR) is 55.1 cm³/mol. The maximum Gasteiger partial charge on any atom is 0.319 e. The van der Waals surface area contributed by atoms with Crippen LogP contribution in [0.15, 0.2) is 0 Å². The molecule has 1 saturated heterocycles. The average molecular weight is 200 g/mol. The molecule has 0 bridgehead atoms. The van der Waals surface area contributed by atoms with Crippen molar-refractivity contribution in [2.24, 2.45) is 0 Å². The van der Waals surface area contributed by atoms with Gasteiger partial charge in [0.1, 0.15) is 0 Å². The highest BCUT2D eigenvalue weighted by Gasteiger charge is 2.23. The molecule has 1 unspecified atom stereocenters. The van der Waals surface area contributed by atoms with E-state index in [1.165, 1.54) is 7.11 Å². The zero-order valence-corrected chi connectivity index (χ0v) is 9.25. The minimum Gasteiger partial charge on any atom is -0.468 e. The predicted octanol–water partition coefficient (Wildman–Crippen LogP) is 0.232. The van der Waals surface area contributed by atoms with Gasteiger partial charge in [0.15, 0.2) is 0 Å². The van der Waals surface area contributed by atoms with E-state index >= 15 is 0 Å². The van der Waals surface area contributed by atoms with Gasteiger partial charge in [-0.25, -0.2) is 0 Å². The third kappa shape index (κ3) is 3.27. The first kappa shape index (κ1) is 11.5. The van der Waals surface area contributed by atoms with Crippen LogP contribution < -0.4 is 5.32 Å². The lowest BCUT2D eigenvalue weighted by Gasteiger charge is -2.20. The number of esters is 1. The molecule has 0 radical (unpaired) electrons. The van der Waals surface area contributed by atoms with Gasteiger partial charge in [-0.3, -0.25) is 9.69 Å². The highest BCUT2D eigenvalue weighted by Crippen LogP contribution is 2.11. The normalized spacial score (nSPS) is 23.0. The first-order valence-electron chi connectivity index (χ1n) is 5.17. The minimum absolute atomic E-state index is 0.187. The lowest BCUT2D eigenvalue weighted by molar-refractivity contribution is -0.139. The molecule has 1 rings (SSSR count). The van der Waals surface area contributed by atoms with Crippen molar-refractivity contribution in [3.8, 4) is 0 Å². The molecular weight excluding hydrogens is 180 g/mol. The van der Waals surface area contributed by atoms with Gasteiger partial charge < -0.3 is 10.1 Å². The van der Waals surface area contributed by atoms with E-state index in [0.717, 1.165) is 19.5 Å². The third-order valence-corrected chi connectivity index (χ3v) is 2.71. The van der Waals surface area contributed by atoms with Crippen LogP contribution in [-0.2, 0) is 9.53 Å². The van der Waals surface area contributed by atoms with Gasteiger partial charge in [0.2, 0.25) is 0 Å². The number of carbonyl (C=O) groups excluding carboxylic acids is 1. The van der Waals surface area contributed by atoms with Crippen LogP contribution in [0.25, 0.3) is 0 Å². The fourth-order valence-electron chi connectivity index (χ4n) is 1.72. The average Bonchev–Trinajstić information content (AvgIpc) is 2.62. The molecule has 0 aliphatic carbocycles. The van der Waals surface area contributed by atoms with E-state index in [-0.39, 0.29) is 5.97 Å². The van der Waals surface area contributed by atoms with Crippen LogP contribution in [-0.4, -0.2) is 49.7 Å². The van der Waals surface area contributed by atoms with Crippen LogP contribution in [0.1, 0.15) is 20.3 Å². The summed E-state index contributed by atoms with van der Waals surface area (Å²) in [6.07, 6.45) is 1.12. The van der Waals surface area contributed by atoms with Gasteiger partial charge in [-0.1, -0.05) is 0 Å². The zero-order valence-electron chi connectivity index (χ0n) is 9.25. The summed E-state index contributed by atoms with van der Waals surface area (Å²) in [7, 11) is 1.42. The van der Waals surface area contributed by atoms with E-state index in [1.54, 1.807) is 0 Å². The first-order chi connectivity index (χ1) is 6.63. The molecule has 0 aromatic carbocycles. The second-order valence-electron chi connectivity index (χ2n) is 4.03. The zero-order chi connectivity index (χ0) is 10.6. The van der Waals surface area contributed by atoms with Crippen molar-refractivity contribution in [3.63, 3.8) is 0 Å². The Morgan fingerprint density at radius 1 is 1.64 bits per heavy atom. The Morgan fingerprint density at radius 2 is 2.36 bits per heavy atom. The number of nitrogens with zero attached hydrogens (tertiary/aromatic N) is 1. The van der Waals surface area contributed by atoms with Crippen LogP contribution in [0.5, 0.6) is 0 Å². The molecule has 4 heteroatoms. The highest BCUT2D eigenvalue weighted by atomic mass is 16.5. The summed E-state index contributed by atoms with van der Waals surface area (Å²) >= 11 is 0. The maximum atomic E-state index is 10.9. The van der Waals surface area contributed by atoms with Crippen molar-refractivity contribution in [2.45, 2.75) is 32.4 Å². The fraction of sp³-hybridized carbons (Fsp3) is 0.900. The fourth-order valence-corrected chi connectivity index (χ4v) is 1.72. The van der Waals surface area contributed by atoms with Crippen LogP contribution in [0.3, 0.4) is 0 Å². The van der Waals surface area contributed by atoms with Crippen molar-refractivity contribution in [1.29, 1.82) is 0 Å². The van der Waals surface area contributed by atoms with E-state index in [9.17, 15) is 4.79 Å². The Balaban J connectivity index is 2.19. The van der Waals surface area contributed by atoms with E-state index in [1.807, 2.05) is 0 Å². The monoisotopic (exact) mass is 200 g/mol. The molecular formula is C10H20N2O2. The molecule has 1 N–H and O–H groups in total. The van der Waals surface area contributed by atoms with Gasteiger partial charge >= 0.3 is 5.97 Å². The van der Waals surface area contributed by atoms with E-state index in [2.05, 4.69) is 28.8 Å². The largest absolute Gasteiger partial charge is 0.468 e. The van der Waals surface area contributed by atoms with Gasteiger partial charge in [0.05, 0.1) is 13.7 Å². The number of ether oxygens (including phenoxy) is 1. The Hall–Kier alpha value is -0.610. The lowest BCUT2D eigenvalue weighted by atomic mass is 10.2. The molecule has 0 aromatic rings. The molecule has 0 saturated carbocycles. The Labute approximate surface area is 85.6 Å². The van der Waals surface area contributed by atoms with Crippen molar-refractivity contribution in [1.82, 2.24) is 10.2 Å². The van der Waals surface area contributed by atoms with Crippen molar-refractivity contribution in [2.75, 3.05) is 26.7 Å². The number of likely N-dealkylation sites (tertiary alicyclic amines) is 1. The molecule has 0 amide bonds. The van der Waals surface area contributed by atoms with Crippen LogP contribution in [0.4, 0.5) is 0 Å². The molecule has 1 fully saturated rings. The second-order valence-corrected chi connectivity index (χ2v) is 4.03. The Bertz CT molecular complexity index is 195. The first-order valence-corrected chi connectivity index (χ1v) is 5.17. The quantitative estimate of drug-likeness (QED) is 0.660. The molecule has 1 atom stereocenters. The van der Waals surface area contributed by atoms with Crippen LogP contribution in [0, 0.1) is 0 Å². The molecule has 4 nitrogen and oxygen atoms in total. The molecule has 1 aliphatic heterocycles. The summed E-state index contributed by atoms with van der Waals surface area (Å²) in [6, 6.07) is 1.04. The Morgan fingerprint density at radius 3 is 2.86 bits per heavy atom. The SMILES string of the molecule is COC(=O)CNC1CCN(C(C)C)C1. The summed E-state index contributed by atoms with van der Waals surface area (Å²) < 4.78 is 4.57. The summed E-state index contributed by atoms with van der Waals surface area (Å²) in [5.74, 6) is -0.187. The van der Waals surface area contributed by atoms with E-state index in [0.29, 0.717) is 18.6 Å². The molecule has 1 heterocycles. The van der Waals surface area contributed by atoms with Gasteiger partial charge in [-0.05, 0) is 26.8 Å². The summed E-state index contributed by atoms with van der Waals surface area (Å²) in [6.45, 7) is 6.88. The smallest absolute Gasteiger partial charge is 0.319 e. The van der Waals surface area contributed by atoms with E-state index < -0.39 is 0 Å². The number of hydrogen-bond donors (Lipinski definition) is 1. The number of nitrogens with one attached hydrogen (secondary N) is 1. The molecule has 0 aromatic heterocycles. The second kappa shape index (κ2) is 5.32. The number of carbonyl (C=O) groups is 1. The summed E-state index contributed by atoms with van der Waals surface area (Å²) in [5.41, 5.74) is 0. The van der Waals surface area contributed by atoms with Crippen molar-refractivity contribution < 1.29 is 9.53 Å². The van der Waals surface area contributed by atoms with Gasteiger partial charge in [-0.2, -0.15) is 0 Å². The van der Waals surface area contributed by atoms with Gasteiger partial charge in [0.25, 0.3) is 0 Å². The molecule has 14 heavy (non-hydrogen) atoms. The third-order valence-electron chi connectivity index (χ3n) is 2.71. The van der Waals surface area contributed by atoms with Crippen LogP contribution in [0.2, 0.25) is 0 Å². The Kier molecular flexibility index (Phi) is 4.35. The number of rotatable bonds is 4. The molecule has 1 aliphatic rings. The van der Waals surface area contributed by atoms with Crippen molar-refractivity contribution >= 4 is 5.97 Å². The number of methoxy groups -OCH3 is 1. The molecule has 82 valence electrons. The highest BCUT2D eigenvalue weighted by molar-refractivity contribution is 5.71. The number of hydrogen-bond acceptors (Lipinski definition) is 4. The summed E-state index contributed by atoms with van der Waals surface area (Å²) in [5, 5.41) is 3.20. The lowest BCUT2D eigenvalue weighted by Crippen LogP contribution is -2.37. The van der Waals surface area contributed by atoms with Gasteiger partial charge in [0, 0.05) is 18.6 Å². The standard InChI is InChI=1S/C10H20N2O2/c1-8(2)12-5-4-9(7-12)11-6-10(13)14-3/h8-9,11H,4-7H2,1-3H3. The van der Waals surface area contributed by atoms with Gasteiger partial charge in [-0.15, -0.1) is 0 Å². The minimum atomic E-state index is -0.187.